The van der Waals surface area contributed by atoms with E-state index in [0.717, 1.165) is 18.7 Å². The van der Waals surface area contributed by atoms with Crippen LogP contribution in [0.4, 0.5) is 0 Å². The summed E-state index contributed by atoms with van der Waals surface area (Å²) in [6.45, 7) is 0.299. The molecule has 0 saturated carbocycles. The number of aliphatic hydroxyl groups excluding tert-OH is 1. The Labute approximate surface area is 122 Å². The fraction of sp³-hybridized carbons (Fsp3) is 0.267. The fourth-order valence-electron chi connectivity index (χ4n) is 1.81. The van der Waals surface area contributed by atoms with E-state index < -0.39 is 0 Å². The molecule has 0 atom stereocenters. The molecule has 2 aromatic rings. The molecular weight excluding hydrogens is 268 g/mol. The first kappa shape index (κ1) is 14.8. The monoisotopic (exact) mass is 284 g/mol. The van der Waals surface area contributed by atoms with Crippen LogP contribution in [-0.4, -0.2) is 39.1 Å². The van der Waals surface area contributed by atoms with Gasteiger partial charge in [0, 0.05) is 37.8 Å². The molecule has 0 unspecified atom stereocenters. The minimum absolute atomic E-state index is 0.195. The SMILES string of the molecule is O=C(NCCCc1ncc[nH]1)c1ccncc1C#CCO. The van der Waals surface area contributed by atoms with Crippen molar-refractivity contribution in [1.82, 2.24) is 20.3 Å². The van der Waals surface area contributed by atoms with Crippen LogP contribution in [0, 0.1) is 11.8 Å². The first-order chi connectivity index (χ1) is 10.3. The average Bonchev–Trinajstić information content (AvgIpc) is 3.03. The van der Waals surface area contributed by atoms with Crippen molar-refractivity contribution in [2.75, 3.05) is 13.2 Å². The number of aryl methyl sites for hydroxylation is 1. The maximum atomic E-state index is 12.1. The number of rotatable bonds is 5. The Hall–Kier alpha value is -2.65. The normalized spacial score (nSPS) is 9.76. The molecule has 0 fully saturated rings. The zero-order valence-corrected chi connectivity index (χ0v) is 11.5. The summed E-state index contributed by atoms with van der Waals surface area (Å²) in [6.07, 6.45) is 8.11. The van der Waals surface area contributed by atoms with Crippen LogP contribution in [0.3, 0.4) is 0 Å². The molecule has 1 amide bonds. The van der Waals surface area contributed by atoms with Crippen LogP contribution < -0.4 is 5.32 Å². The lowest BCUT2D eigenvalue weighted by molar-refractivity contribution is 0.0953. The molecule has 0 bridgehead atoms. The van der Waals surface area contributed by atoms with Crippen molar-refractivity contribution in [3.8, 4) is 11.8 Å². The summed E-state index contributed by atoms with van der Waals surface area (Å²) in [6, 6.07) is 1.61. The molecule has 0 aromatic carbocycles. The fourth-order valence-corrected chi connectivity index (χ4v) is 1.81. The lowest BCUT2D eigenvalue weighted by atomic mass is 10.1. The number of aromatic nitrogens is 3. The van der Waals surface area contributed by atoms with E-state index >= 15 is 0 Å². The van der Waals surface area contributed by atoms with Gasteiger partial charge >= 0.3 is 0 Å². The quantitative estimate of drug-likeness (QED) is 0.551. The lowest BCUT2D eigenvalue weighted by Crippen LogP contribution is -2.25. The Bertz CT molecular complexity index is 641. The van der Waals surface area contributed by atoms with Crippen LogP contribution >= 0.6 is 0 Å². The lowest BCUT2D eigenvalue weighted by Gasteiger charge is -2.06. The van der Waals surface area contributed by atoms with Gasteiger partial charge in [-0.05, 0) is 12.5 Å². The zero-order chi connectivity index (χ0) is 14.9. The number of carbonyl (C=O) groups excluding carboxylic acids is 1. The summed E-state index contributed by atoms with van der Waals surface area (Å²) in [4.78, 5) is 23.2. The third kappa shape index (κ3) is 4.44. The van der Waals surface area contributed by atoms with E-state index in [2.05, 4.69) is 32.1 Å². The maximum absolute atomic E-state index is 12.1. The van der Waals surface area contributed by atoms with Gasteiger partial charge in [-0.15, -0.1) is 0 Å². The van der Waals surface area contributed by atoms with Crippen molar-refractivity contribution in [2.24, 2.45) is 0 Å². The van der Waals surface area contributed by atoms with Crippen molar-refractivity contribution in [3.63, 3.8) is 0 Å². The third-order valence-electron chi connectivity index (χ3n) is 2.80. The second-order valence-electron chi connectivity index (χ2n) is 4.28. The number of amides is 1. The van der Waals surface area contributed by atoms with Crippen molar-refractivity contribution >= 4 is 5.91 Å². The number of H-pyrrole nitrogens is 1. The highest BCUT2D eigenvalue weighted by atomic mass is 16.2. The Morgan fingerprint density at radius 2 is 2.33 bits per heavy atom. The van der Waals surface area contributed by atoms with Crippen molar-refractivity contribution in [3.05, 3.63) is 47.8 Å². The van der Waals surface area contributed by atoms with Gasteiger partial charge in [0.2, 0.25) is 0 Å². The molecular formula is C15H16N4O2. The molecule has 2 heterocycles. The average molecular weight is 284 g/mol. The van der Waals surface area contributed by atoms with Gasteiger partial charge < -0.3 is 15.4 Å². The molecule has 0 radical (unpaired) electrons. The van der Waals surface area contributed by atoms with E-state index in [4.69, 9.17) is 5.11 Å². The summed E-state index contributed by atoms with van der Waals surface area (Å²) in [7, 11) is 0. The first-order valence-electron chi connectivity index (χ1n) is 6.61. The molecule has 6 heteroatoms. The van der Waals surface area contributed by atoms with E-state index in [1.54, 1.807) is 24.7 Å². The predicted octanol–water partition coefficient (Wildman–Crippen LogP) is 0.511. The third-order valence-corrected chi connectivity index (χ3v) is 2.80. The highest BCUT2D eigenvalue weighted by Gasteiger charge is 2.09. The smallest absolute Gasteiger partial charge is 0.252 e. The van der Waals surface area contributed by atoms with Crippen molar-refractivity contribution < 1.29 is 9.90 Å². The van der Waals surface area contributed by atoms with Crippen LogP contribution in [-0.2, 0) is 6.42 Å². The molecule has 21 heavy (non-hydrogen) atoms. The Morgan fingerprint density at radius 3 is 3.10 bits per heavy atom. The molecule has 0 aliphatic rings. The highest BCUT2D eigenvalue weighted by molar-refractivity contribution is 5.96. The van der Waals surface area contributed by atoms with E-state index in [-0.39, 0.29) is 12.5 Å². The van der Waals surface area contributed by atoms with Gasteiger partial charge in [0.25, 0.3) is 5.91 Å². The number of carbonyl (C=O) groups is 1. The van der Waals surface area contributed by atoms with Crippen LogP contribution in [0.1, 0.15) is 28.2 Å². The molecule has 2 aromatic heterocycles. The van der Waals surface area contributed by atoms with E-state index in [1.807, 2.05) is 0 Å². The van der Waals surface area contributed by atoms with Gasteiger partial charge in [-0.2, -0.15) is 0 Å². The van der Waals surface area contributed by atoms with E-state index in [0.29, 0.717) is 17.7 Å². The molecule has 0 aliphatic carbocycles. The molecule has 2 rings (SSSR count). The zero-order valence-electron chi connectivity index (χ0n) is 11.5. The van der Waals surface area contributed by atoms with Gasteiger partial charge in [-0.1, -0.05) is 11.8 Å². The van der Waals surface area contributed by atoms with Gasteiger partial charge in [0.15, 0.2) is 0 Å². The number of hydrogen-bond donors (Lipinski definition) is 3. The number of aliphatic hydroxyl groups is 1. The summed E-state index contributed by atoms with van der Waals surface area (Å²) < 4.78 is 0. The van der Waals surface area contributed by atoms with Crippen molar-refractivity contribution in [2.45, 2.75) is 12.8 Å². The molecule has 3 N–H and O–H groups in total. The molecule has 6 nitrogen and oxygen atoms in total. The predicted molar refractivity (Wildman–Crippen MR) is 77.4 cm³/mol. The summed E-state index contributed by atoms with van der Waals surface area (Å²) >= 11 is 0. The second-order valence-corrected chi connectivity index (χ2v) is 4.28. The van der Waals surface area contributed by atoms with Crippen molar-refractivity contribution in [1.29, 1.82) is 0 Å². The van der Waals surface area contributed by atoms with Gasteiger partial charge in [-0.3, -0.25) is 9.78 Å². The molecule has 0 aliphatic heterocycles. The molecule has 0 saturated heterocycles. The maximum Gasteiger partial charge on any atom is 0.252 e. The minimum Gasteiger partial charge on any atom is -0.384 e. The number of aromatic amines is 1. The van der Waals surface area contributed by atoms with Crippen LogP contribution in [0.15, 0.2) is 30.9 Å². The number of hydrogen-bond acceptors (Lipinski definition) is 4. The summed E-state index contributed by atoms with van der Waals surface area (Å²) in [5.74, 6) is 5.95. The first-order valence-corrected chi connectivity index (χ1v) is 6.61. The largest absolute Gasteiger partial charge is 0.384 e. The van der Waals surface area contributed by atoms with E-state index in [9.17, 15) is 4.79 Å². The summed E-state index contributed by atoms with van der Waals surface area (Å²) in [5, 5.41) is 11.6. The number of imidazole rings is 1. The second kappa shape index (κ2) is 7.82. The standard InChI is InChI=1S/C15H16N4O2/c20-10-2-3-12-11-16-7-5-13(12)15(21)19-6-1-4-14-17-8-9-18-14/h5,7-9,11,20H,1,4,6,10H2,(H,17,18)(H,19,21). The Balaban J connectivity index is 1.88. The highest BCUT2D eigenvalue weighted by Crippen LogP contribution is 2.05. The number of nitrogens with one attached hydrogen (secondary N) is 2. The molecule has 108 valence electrons. The number of pyridine rings is 1. The molecule has 0 spiro atoms. The van der Waals surface area contributed by atoms with E-state index in [1.165, 1.54) is 6.20 Å². The van der Waals surface area contributed by atoms with Gasteiger partial charge in [0.05, 0.1) is 11.1 Å². The van der Waals surface area contributed by atoms with Crippen LogP contribution in [0.2, 0.25) is 0 Å². The van der Waals surface area contributed by atoms with Crippen LogP contribution in [0.25, 0.3) is 0 Å². The summed E-state index contributed by atoms with van der Waals surface area (Å²) in [5.41, 5.74) is 0.971. The topological polar surface area (TPSA) is 90.9 Å². The van der Waals surface area contributed by atoms with Crippen LogP contribution in [0.5, 0.6) is 0 Å². The number of nitrogens with zero attached hydrogens (tertiary/aromatic N) is 2. The van der Waals surface area contributed by atoms with Gasteiger partial charge in [0.1, 0.15) is 12.4 Å². The minimum atomic E-state index is -0.251. The van der Waals surface area contributed by atoms with Gasteiger partial charge in [-0.25, -0.2) is 4.98 Å². The Kier molecular flexibility index (Phi) is 5.50. The Morgan fingerprint density at radius 1 is 1.43 bits per heavy atom.